The fourth-order valence-corrected chi connectivity index (χ4v) is 2.82. The van der Waals surface area contributed by atoms with Crippen molar-refractivity contribution < 1.29 is 4.79 Å². The summed E-state index contributed by atoms with van der Waals surface area (Å²) in [5, 5.41) is 6.53. The second kappa shape index (κ2) is 7.97. The maximum absolute atomic E-state index is 12.0. The van der Waals surface area contributed by atoms with E-state index in [4.69, 9.17) is 0 Å². The van der Waals surface area contributed by atoms with Gasteiger partial charge in [-0.05, 0) is 19.8 Å². The number of rotatable bonds is 3. The summed E-state index contributed by atoms with van der Waals surface area (Å²) in [6, 6.07) is 0.912. The van der Waals surface area contributed by atoms with E-state index in [1.54, 1.807) is 0 Å². The van der Waals surface area contributed by atoms with Crippen LogP contribution in [0.4, 0.5) is 0 Å². The molecular weight excluding hydrogens is 250 g/mol. The highest BCUT2D eigenvalue weighted by Crippen LogP contribution is 2.17. The zero-order valence-electron chi connectivity index (χ0n) is 11.3. The van der Waals surface area contributed by atoms with Crippen LogP contribution in [0.3, 0.4) is 0 Å². The number of piperazine rings is 1. The van der Waals surface area contributed by atoms with E-state index >= 15 is 0 Å². The summed E-state index contributed by atoms with van der Waals surface area (Å²) in [4.78, 5) is 14.2. The summed E-state index contributed by atoms with van der Waals surface area (Å²) in [6.45, 7) is 5.73. The van der Waals surface area contributed by atoms with Crippen molar-refractivity contribution in [2.24, 2.45) is 0 Å². The quantitative estimate of drug-likeness (QED) is 0.812. The molecule has 1 heterocycles. The molecule has 4 nitrogen and oxygen atoms in total. The van der Waals surface area contributed by atoms with Crippen molar-refractivity contribution in [2.45, 2.75) is 51.1 Å². The third-order valence-corrected chi connectivity index (χ3v) is 3.96. The Hall–Kier alpha value is -0.320. The van der Waals surface area contributed by atoms with Gasteiger partial charge in [-0.25, -0.2) is 0 Å². The number of carbonyl (C=O) groups excluding carboxylic acids is 1. The summed E-state index contributed by atoms with van der Waals surface area (Å²) in [5.74, 6) is 0.214. The predicted molar refractivity (Wildman–Crippen MR) is 76.2 cm³/mol. The van der Waals surface area contributed by atoms with E-state index in [2.05, 4.69) is 22.5 Å². The monoisotopic (exact) mass is 275 g/mol. The van der Waals surface area contributed by atoms with Crippen LogP contribution in [0.5, 0.6) is 0 Å². The minimum atomic E-state index is 0. The van der Waals surface area contributed by atoms with Crippen molar-refractivity contribution in [3.8, 4) is 0 Å². The largest absolute Gasteiger partial charge is 0.352 e. The molecule has 18 heavy (non-hydrogen) atoms. The van der Waals surface area contributed by atoms with Crippen LogP contribution in [0.15, 0.2) is 0 Å². The van der Waals surface area contributed by atoms with Crippen LogP contribution in [-0.2, 0) is 4.79 Å². The fraction of sp³-hybridized carbons (Fsp3) is 0.923. The number of nitrogens with one attached hydrogen (secondary N) is 2. The van der Waals surface area contributed by atoms with Crippen LogP contribution in [0.1, 0.15) is 39.0 Å². The van der Waals surface area contributed by atoms with Crippen LogP contribution >= 0.6 is 12.4 Å². The molecule has 1 saturated carbocycles. The van der Waals surface area contributed by atoms with E-state index in [0.29, 0.717) is 18.6 Å². The molecule has 5 heteroatoms. The van der Waals surface area contributed by atoms with E-state index in [1.165, 1.54) is 32.1 Å². The Morgan fingerprint density at radius 1 is 1.33 bits per heavy atom. The maximum Gasteiger partial charge on any atom is 0.234 e. The Bertz CT molecular complexity index is 257. The van der Waals surface area contributed by atoms with Crippen molar-refractivity contribution in [3.05, 3.63) is 0 Å². The molecule has 0 aromatic heterocycles. The second-order valence-electron chi connectivity index (χ2n) is 5.43. The standard InChI is InChI=1S/C13H25N3O.ClH/c1-11-9-14-7-8-16(11)10-13(17)15-12-5-3-2-4-6-12;/h11-12,14H,2-10H2,1H3,(H,15,17);1H/t11-;/m1./s1. The van der Waals surface area contributed by atoms with Gasteiger partial charge in [0, 0.05) is 31.7 Å². The molecule has 0 bridgehead atoms. The van der Waals surface area contributed by atoms with E-state index in [-0.39, 0.29) is 18.3 Å². The molecule has 0 aromatic rings. The van der Waals surface area contributed by atoms with Gasteiger partial charge in [-0.1, -0.05) is 19.3 Å². The van der Waals surface area contributed by atoms with E-state index in [1.807, 2.05) is 0 Å². The van der Waals surface area contributed by atoms with Crippen LogP contribution in [0, 0.1) is 0 Å². The van der Waals surface area contributed by atoms with Gasteiger partial charge in [-0.15, -0.1) is 12.4 Å². The number of halogens is 1. The number of carbonyl (C=O) groups is 1. The van der Waals surface area contributed by atoms with E-state index in [9.17, 15) is 4.79 Å². The highest BCUT2D eigenvalue weighted by atomic mass is 35.5. The van der Waals surface area contributed by atoms with Gasteiger partial charge in [0.25, 0.3) is 0 Å². The summed E-state index contributed by atoms with van der Waals surface area (Å²) in [5.41, 5.74) is 0. The number of nitrogens with zero attached hydrogens (tertiary/aromatic N) is 1. The first-order chi connectivity index (χ1) is 8.25. The summed E-state index contributed by atoms with van der Waals surface area (Å²) in [6.07, 6.45) is 6.22. The molecule has 2 aliphatic rings. The number of hydrogen-bond donors (Lipinski definition) is 2. The van der Waals surface area contributed by atoms with Gasteiger partial charge in [0.1, 0.15) is 0 Å². The Morgan fingerprint density at radius 2 is 2.06 bits per heavy atom. The molecule has 1 aliphatic carbocycles. The van der Waals surface area contributed by atoms with Crippen molar-refractivity contribution in [1.29, 1.82) is 0 Å². The van der Waals surface area contributed by atoms with Gasteiger partial charge in [0.2, 0.25) is 5.91 Å². The topological polar surface area (TPSA) is 44.4 Å². The molecule has 0 unspecified atom stereocenters. The maximum atomic E-state index is 12.0. The highest BCUT2D eigenvalue weighted by Gasteiger charge is 2.22. The molecule has 1 atom stereocenters. The molecule has 106 valence electrons. The first-order valence-corrected chi connectivity index (χ1v) is 7.00. The van der Waals surface area contributed by atoms with Crippen LogP contribution < -0.4 is 10.6 Å². The summed E-state index contributed by atoms with van der Waals surface area (Å²) >= 11 is 0. The normalized spacial score (nSPS) is 26.4. The lowest BCUT2D eigenvalue weighted by Crippen LogP contribution is -2.53. The fourth-order valence-electron chi connectivity index (χ4n) is 2.82. The molecule has 2 N–H and O–H groups in total. The molecule has 0 spiro atoms. The number of amides is 1. The molecule has 0 aromatic carbocycles. The molecule has 2 fully saturated rings. The third-order valence-electron chi connectivity index (χ3n) is 3.96. The minimum absolute atomic E-state index is 0. The minimum Gasteiger partial charge on any atom is -0.352 e. The van der Waals surface area contributed by atoms with Gasteiger partial charge in [0.05, 0.1) is 6.54 Å². The van der Waals surface area contributed by atoms with Gasteiger partial charge in [0.15, 0.2) is 0 Å². The zero-order chi connectivity index (χ0) is 12.1. The van der Waals surface area contributed by atoms with Gasteiger partial charge in [-0.2, -0.15) is 0 Å². The third kappa shape index (κ3) is 4.75. The Labute approximate surface area is 116 Å². The van der Waals surface area contributed by atoms with Gasteiger partial charge in [-0.3, -0.25) is 9.69 Å². The Balaban J connectivity index is 0.00000162. The first-order valence-electron chi connectivity index (χ1n) is 7.00. The van der Waals surface area contributed by atoms with Gasteiger partial charge >= 0.3 is 0 Å². The van der Waals surface area contributed by atoms with Crippen LogP contribution in [0.2, 0.25) is 0 Å². The summed E-state index contributed by atoms with van der Waals surface area (Å²) < 4.78 is 0. The molecule has 1 saturated heterocycles. The summed E-state index contributed by atoms with van der Waals surface area (Å²) in [7, 11) is 0. The lowest BCUT2D eigenvalue weighted by molar-refractivity contribution is -0.123. The predicted octanol–water partition coefficient (Wildman–Crippen LogP) is 1.15. The average molecular weight is 276 g/mol. The SMILES string of the molecule is C[C@@H]1CNCCN1CC(=O)NC1CCCCC1.Cl. The lowest BCUT2D eigenvalue weighted by Gasteiger charge is -2.34. The van der Waals surface area contributed by atoms with Crippen LogP contribution in [-0.4, -0.2) is 49.1 Å². The zero-order valence-corrected chi connectivity index (χ0v) is 12.1. The average Bonchev–Trinajstić information content (AvgIpc) is 2.33. The van der Waals surface area contributed by atoms with Gasteiger partial charge < -0.3 is 10.6 Å². The smallest absolute Gasteiger partial charge is 0.234 e. The lowest BCUT2D eigenvalue weighted by atomic mass is 9.95. The van der Waals surface area contributed by atoms with E-state index < -0.39 is 0 Å². The second-order valence-corrected chi connectivity index (χ2v) is 5.43. The first kappa shape index (κ1) is 15.7. The van der Waals surface area contributed by atoms with E-state index in [0.717, 1.165) is 19.6 Å². The van der Waals surface area contributed by atoms with Crippen molar-refractivity contribution in [2.75, 3.05) is 26.2 Å². The van der Waals surface area contributed by atoms with Crippen molar-refractivity contribution in [3.63, 3.8) is 0 Å². The molecule has 2 rings (SSSR count). The molecular formula is C13H26ClN3O. The Kier molecular flexibility index (Phi) is 6.97. The van der Waals surface area contributed by atoms with Crippen molar-refractivity contribution in [1.82, 2.24) is 15.5 Å². The number of hydrogen-bond acceptors (Lipinski definition) is 3. The highest BCUT2D eigenvalue weighted by molar-refractivity contribution is 5.85. The molecule has 1 aliphatic heterocycles. The van der Waals surface area contributed by atoms with Crippen molar-refractivity contribution >= 4 is 18.3 Å². The Morgan fingerprint density at radius 3 is 2.72 bits per heavy atom. The molecule has 1 amide bonds. The molecule has 0 radical (unpaired) electrons. The van der Waals surface area contributed by atoms with Crippen LogP contribution in [0.25, 0.3) is 0 Å².